The van der Waals surface area contributed by atoms with E-state index in [-0.39, 0.29) is 24.3 Å². The first-order valence-corrected chi connectivity index (χ1v) is 4.28. The van der Waals surface area contributed by atoms with Gasteiger partial charge in [-0.3, -0.25) is 4.79 Å². The summed E-state index contributed by atoms with van der Waals surface area (Å²) in [6.07, 6.45) is -1.28. The summed E-state index contributed by atoms with van der Waals surface area (Å²) in [4.78, 5) is 11.4. The average Bonchev–Trinajstić information content (AvgIpc) is 2.18. The van der Waals surface area contributed by atoms with Gasteiger partial charge in [-0.05, 0) is 12.1 Å². The Bertz CT molecular complexity index is 322. The predicted octanol–water partition coefficient (Wildman–Crippen LogP) is 0.318. The Labute approximate surface area is 81.4 Å². The van der Waals surface area contributed by atoms with Crippen LogP contribution in [-0.4, -0.2) is 33.8 Å². The molecule has 0 heterocycles. The minimum atomic E-state index is -1.26. The second-order valence-corrected chi connectivity index (χ2v) is 2.91. The first-order chi connectivity index (χ1) is 6.66. The van der Waals surface area contributed by atoms with E-state index in [0.717, 1.165) is 0 Å². The van der Waals surface area contributed by atoms with Crippen LogP contribution in [0.4, 0.5) is 0 Å². The lowest BCUT2D eigenvalue weighted by molar-refractivity contribution is 0.0683. The van der Waals surface area contributed by atoms with Gasteiger partial charge in [0.05, 0.1) is 5.56 Å². The zero-order chi connectivity index (χ0) is 10.6. The van der Waals surface area contributed by atoms with Gasteiger partial charge in [0.1, 0.15) is 11.9 Å². The van der Waals surface area contributed by atoms with Crippen LogP contribution < -0.4 is 0 Å². The number of ketones is 1. The van der Waals surface area contributed by atoms with Crippen molar-refractivity contribution in [1.82, 2.24) is 0 Å². The Balaban J connectivity index is 2.84. The molecule has 76 valence electrons. The number of carbonyl (C=O) groups is 1. The molecule has 4 heteroatoms. The number of aliphatic hydroxyl groups excluding tert-OH is 2. The number of para-hydroxylation sites is 1. The van der Waals surface area contributed by atoms with E-state index in [2.05, 4.69) is 0 Å². The summed E-state index contributed by atoms with van der Waals surface area (Å²) in [6.45, 7) is -0.263. The monoisotopic (exact) mass is 196 g/mol. The summed E-state index contributed by atoms with van der Waals surface area (Å²) in [5.41, 5.74) is 0.0773. The van der Waals surface area contributed by atoms with Gasteiger partial charge in [-0.2, -0.15) is 0 Å². The molecule has 0 amide bonds. The first kappa shape index (κ1) is 10.7. The van der Waals surface area contributed by atoms with Crippen molar-refractivity contribution in [2.75, 3.05) is 6.61 Å². The van der Waals surface area contributed by atoms with Crippen LogP contribution in [0, 0.1) is 0 Å². The van der Waals surface area contributed by atoms with Gasteiger partial charge in [-0.1, -0.05) is 12.1 Å². The molecule has 1 atom stereocenters. The maximum Gasteiger partial charge on any atom is 0.195 e. The number of hydrogen-bond donors (Lipinski definition) is 3. The largest absolute Gasteiger partial charge is 0.507 e. The molecule has 1 rings (SSSR count). The number of aliphatic hydroxyl groups is 2. The van der Waals surface area contributed by atoms with Gasteiger partial charge < -0.3 is 15.3 Å². The number of aromatic hydroxyl groups is 1. The molecule has 0 aliphatic rings. The summed E-state index contributed by atoms with van der Waals surface area (Å²) in [5.74, 6) is -0.730. The number of phenolic OH excluding ortho intramolecular Hbond substituents is 1. The minimum absolute atomic E-state index is 0.0207. The summed E-state index contributed by atoms with van der Waals surface area (Å²) in [5, 5.41) is 27.1. The number of carbonyl (C=O) groups excluding carboxylic acids is 1. The molecule has 0 bridgehead atoms. The summed E-state index contributed by atoms with van der Waals surface area (Å²) in [7, 11) is 0. The van der Waals surface area contributed by atoms with Crippen molar-refractivity contribution in [3.05, 3.63) is 29.8 Å². The Morgan fingerprint density at radius 3 is 2.57 bits per heavy atom. The fraction of sp³-hybridized carbons (Fsp3) is 0.300. The van der Waals surface area contributed by atoms with Crippen molar-refractivity contribution in [1.29, 1.82) is 0 Å². The normalized spacial score (nSPS) is 12.4. The lowest BCUT2D eigenvalue weighted by Gasteiger charge is -2.08. The Kier molecular flexibility index (Phi) is 3.62. The maximum absolute atomic E-state index is 11.4. The van der Waals surface area contributed by atoms with E-state index in [0.29, 0.717) is 0 Å². The van der Waals surface area contributed by atoms with Crippen molar-refractivity contribution in [3.8, 4) is 5.75 Å². The molecule has 0 radical (unpaired) electrons. The highest BCUT2D eigenvalue weighted by Crippen LogP contribution is 2.18. The summed E-state index contributed by atoms with van der Waals surface area (Å²) in [6, 6.07) is 5.99. The van der Waals surface area contributed by atoms with E-state index in [1.54, 1.807) is 12.1 Å². The third kappa shape index (κ3) is 2.31. The molecule has 3 N–H and O–H groups in total. The molecule has 0 aliphatic carbocycles. The van der Waals surface area contributed by atoms with Gasteiger partial charge in [-0.25, -0.2) is 0 Å². The molecule has 0 aromatic heterocycles. The first-order valence-electron chi connectivity index (χ1n) is 4.28. The van der Waals surface area contributed by atoms with E-state index in [9.17, 15) is 15.0 Å². The van der Waals surface area contributed by atoms with Crippen molar-refractivity contribution in [2.24, 2.45) is 0 Å². The maximum atomic E-state index is 11.4. The third-order valence-corrected chi connectivity index (χ3v) is 1.87. The fourth-order valence-corrected chi connectivity index (χ4v) is 1.11. The molecule has 0 aliphatic heterocycles. The van der Waals surface area contributed by atoms with Crippen molar-refractivity contribution >= 4 is 5.78 Å². The second-order valence-electron chi connectivity index (χ2n) is 2.91. The van der Waals surface area contributed by atoms with Gasteiger partial charge in [-0.15, -0.1) is 0 Å². The lowest BCUT2D eigenvalue weighted by Crippen LogP contribution is -2.21. The molecule has 1 aromatic rings. The standard InChI is InChI=1S/C10H12O4/c11-6-5-9(13)10(14)7-3-1-2-4-8(7)12/h1-4,9,11-13H,5-6H2. The molecule has 14 heavy (non-hydrogen) atoms. The number of benzene rings is 1. The van der Waals surface area contributed by atoms with E-state index in [1.165, 1.54) is 12.1 Å². The van der Waals surface area contributed by atoms with Gasteiger partial charge in [0.2, 0.25) is 0 Å². The molecular weight excluding hydrogens is 184 g/mol. The van der Waals surface area contributed by atoms with Gasteiger partial charge in [0.15, 0.2) is 5.78 Å². The molecule has 1 unspecified atom stereocenters. The van der Waals surface area contributed by atoms with Crippen molar-refractivity contribution in [3.63, 3.8) is 0 Å². The Morgan fingerprint density at radius 1 is 1.36 bits per heavy atom. The number of rotatable bonds is 4. The molecular formula is C10H12O4. The summed E-state index contributed by atoms with van der Waals surface area (Å²) < 4.78 is 0. The van der Waals surface area contributed by atoms with E-state index in [1.807, 2.05) is 0 Å². The van der Waals surface area contributed by atoms with Crippen LogP contribution in [0.1, 0.15) is 16.8 Å². The quantitative estimate of drug-likeness (QED) is 0.606. The lowest BCUT2D eigenvalue weighted by atomic mass is 10.0. The highest BCUT2D eigenvalue weighted by atomic mass is 16.3. The molecule has 1 aromatic carbocycles. The van der Waals surface area contributed by atoms with E-state index >= 15 is 0 Å². The third-order valence-electron chi connectivity index (χ3n) is 1.87. The molecule has 0 fully saturated rings. The van der Waals surface area contributed by atoms with Gasteiger partial charge in [0, 0.05) is 13.0 Å². The number of phenols is 1. The molecule has 0 saturated heterocycles. The van der Waals surface area contributed by atoms with Crippen LogP contribution in [0.25, 0.3) is 0 Å². The van der Waals surface area contributed by atoms with Crippen LogP contribution in [0.2, 0.25) is 0 Å². The van der Waals surface area contributed by atoms with Crippen molar-refractivity contribution < 1.29 is 20.1 Å². The zero-order valence-corrected chi connectivity index (χ0v) is 7.55. The Hall–Kier alpha value is -1.39. The number of Topliss-reactive ketones (excluding diaryl/α,β-unsaturated/α-hetero) is 1. The van der Waals surface area contributed by atoms with Crippen LogP contribution in [-0.2, 0) is 0 Å². The fourth-order valence-electron chi connectivity index (χ4n) is 1.11. The van der Waals surface area contributed by atoms with Crippen LogP contribution in [0.3, 0.4) is 0 Å². The zero-order valence-electron chi connectivity index (χ0n) is 7.55. The molecule has 0 saturated carbocycles. The number of hydrogen-bond acceptors (Lipinski definition) is 4. The van der Waals surface area contributed by atoms with Crippen LogP contribution >= 0.6 is 0 Å². The highest BCUT2D eigenvalue weighted by molar-refractivity contribution is 6.01. The highest BCUT2D eigenvalue weighted by Gasteiger charge is 2.18. The summed E-state index contributed by atoms with van der Waals surface area (Å²) >= 11 is 0. The molecule has 0 spiro atoms. The minimum Gasteiger partial charge on any atom is -0.507 e. The second kappa shape index (κ2) is 4.74. The van der Waals surface area contributed by atoms with Crippen LogP contribution in [0.5, 0.6) is 5.75 Å². The topological polar surface area (TPSA) is 77.8 Å². The van der Waals surface area contributed by atoms with E-state index < -0.39 is 11.9 Å². The van der Waals surface area contributed by atoms with E-state index in [4.69, 9.17) is 5.11 Å². The SMILES string of the molecule is O=C(c1ccccc1O)C(O)CCO. The smallest absolute Gasteiger partial charge is 0.195 e. The van der Waals surface area contributed by atoms with Crippen molar-refractivity contribution in [2.45, 2.75) is 12.5 Å². The average molecular weight is 196 g/mol. The Morgan fingerprint density at radius 2 is 2.00 bits per heavy atom. The van der Waals surface area contributed by atoms with Gasteiger partial charge in [0.25, 0.3) is 0 Å². The molecule has 4 nitrogen and oxygen atoms in total. The van der Waals surface area contributed by atoms with Crippen LogP contribution in [0.15, 0.2) is 24.3 Å². The predicted molar refractivity (Wildman–Crippen MR) is 50.1 cm³/mol. The van der Waals surface area contributed by atoms with Gasteiger partial charge >= 0.3 is 0 Å².